The van der Waals surface area contributed by atoms with Crippen molar-refractivity contribution in [3.63, 3.8) is 0 Å². The van der Waals surface area contributed by atoms with Gasteiger partial charge in [0.25, 0.3) is 23.1 Å². The van der Waals surface area contributed by atoms with Crippen molar-refractivity contribution in [1.29, 1.82) is 0 Å². The Hall–Kier alpha value is -5.52. The summed E-state index contributed by atoms with van der Waals surface area (Å²) in [6, 6.07) is 20.8. The lowest BCUT2D eigenvalue weighted by molar-refractivity contribution is -0.384. The van der Waals surface area contributed by atoms with Crippen LogP contribution in [0.15, 0.2) is 90.0 Å². The summed E-state index contributed by atoms with van der Waals surface area (Å²) in [7, 11) is 0. The molecule has 1 N–H and O–H groups in total. The predicted octanol–water partition coefficient (Wildman–Crippen LogP) is 3.99. The normalized spacial score (nSPS) is 18.9. The van der Waals surface area contributed by atoms with E-state index < -0.39 is 4.92 Å². The van der Waals surface area contributed by atoms with Crippen molar-refractivity contribution < 1.29 is 14.5 Å². The number of amides is 2. The molecule has 2 unspecified atom stereocenters. The van der Waals surface area contributed by atoms with E-state index in [2.05, 4.69) is 20.1 Å². The number of anilines is 3. The average Bonchev–Trinajstić information content (AvgIpc) is 3.09. The first-order valence-electron chi connectivity index (χ1n) is 15.4. The Morgan fingerprint density at radius 3 is 2.41 bits per heavy atom. The lowest BCUT2D eigenvalue weighted by Gasteiger charge is -2.44. The van der Waals surface area contributed by atoms with Gasteiger partial charge in [-0.25, -0.2) is 0 Å². The fourth-order valence-corrected chi connectivity index (χ4v) is 6.97. The number of nitro groups is 1. The van der Waals surface area contributed by atoms with Gasteiger partial charge in [-0.2, -0.15) is 0 Å². The maximum atomic E-state index is 13.8. The molecule has 12 heteroatoms. The second-order valence-corrected chi connectivity index (χ2v) is 12.1. The van der Waals surface area contributed by atoms with Crippen LogP contribution >= 0.6 is 0 Å². The lowest BCUT2D eigenvalue weighted by atomic mass is 9.83. The number of nitrogens with zero attached hydrogens (tertiary/aromatic N) is 6. The first-order chi connectivity index (χ1) is 22.3. The minimum absolute atomic E-state index is 0.0292. The van der Waals surface area contributed by atoms with E-state index in [9.17, 15) is 24.5 Å². The molecule has 2 atom stereocenters. The number of non-ortho nitro benzene ring substituents is 1. The van der Waals surface area contributed by atoms with Crippen LogP contribution in [0.3, 0.4) is 0 Å². The van der Waals surface area contributed by atoms with Crippen LogP contribution < -0.4 is 20.7 Å². The largest absolute Gasteiger partial charge is 0.369 e. The van der Waals surface area contributed by atoms with Gasteiger partial charge in [-0.3, -0.25) is 29.5 Å². The number of aromatic nitrogens is 2. The Labute approximate surface area is 265 Å². The van der Waals surface area contributed by atoms with Crippen LogP contribution in [0.5, 0.6) is 0 Å². The molecule has 2 aromatic carbocycles. The van der Waals surface area contributed by atoms with Gasteiger partial charge in [-0.05, 0) is 60.9 Å². The summed E-state index contributed by atoms with van der Waals surface area (Å²) in [5, 5.41) is 14.1. The molecule has 234 valence electrons. The van der Waals surface area contributed by atoms with E-state index in [1.807, 2.05) is 28.8 Å². The van der Waals surface area contributed by atoms with E-state index in [0.29, 0.717) is 56.1 Å². The molecular weight excluding hydrogens is 586 g/mol. The van der Waals surface area contributed by atoms with Crippen LogP contribution in [0.25, 0.3) is 0 Å². The molecule has 2 bridgehead atoms. The monoisotopic (exact) mass is 619 g/mol. The molecule has 2 saturated heterocycles. The molecule has 4 aromatic rings. The summed E-state index contributed by atoms with van der Waals surface area (Å²) in [6.07, 6.45) is 4.12. The standard InChI is InChI=1S/C34H33N7O5/c42-32-5-1-4-30-26-17-23(21-40(30)32)20-39(22-26)31-11-6-24(18-29(31)36-33(43)25-3-2-12-35-19-25)34(44)38-15-13-37(14-16-38)27-7-9-28(10-8-27)41(45)46/h1-12,18-19,23,26H,13-17,20-22H2,(H,36,43). The van der Waals surface area contributed by atoms with E-state index >= 15 is 0 Å². The van der Waals surface area contributed by atoms with Crippen LogP contribution in [-0.2, 0) is 6.54 Å². The molecule has 0 aliphatic carbocycles. The van der Waals surface area contributed by atoms with Gasteiger partial charge in [-0.15, -0.1) is 0 Å². The topological polar surface area (TPSA) is 134 Å². The second kappa shape index (κ2) is 12.1. The highest BCUT2D eigenvalue weighted by Gasteiger charge is 2.35. The minimum Gasteiger partial charge on any atom is -0.369 e. The Balaban J connectivity index is 1.12. The van der Waals surface area contributed by atoms with Crippen molar-refractivity contribution in [2.24, 2.45) is 5.92 Å². The molecule has 2 aromatic heterocycles. The number of carbonyl (C=O) groups excluding carboxylic acids is 2. The lowest BCUT2D eigenvalue weighted by Crippen LogP contribution is -2.49. The Morgan fingerprint density at radius 2 is 1.67 bits per heavy atom. The smallest absolute Gasteiger partial charge is 0.269 e. The zero-order chi connectivity index (χ0) is 31.8. The number of hydrogen-bond acceptors (Lipinski definition) is 8. The van der Waals surface area contributed by atoms with E-state index in [4.69, 9.17) is 0 Å². The SMILES string of the molecule is O=C(Nc1cc(C(=O)N2CCN(c3ccc([N+](=O)[O-])cc3)CC2)ccc1N1CC2CC(C1)c1cccc(=O)n1C2)c1cccnc1. The van der Waals surface area contributed by atoms with Gasteiger partial charge in [0.15, 0.2) is 0 Å². The van der Waals surface area contributed by atoms with Crippen LogP contribution in [0.1, 0.15) is 38.7 Å². The summed E-state index contributed by atoms with van der Waals surface area (Å²) in [6.45, 7) is 4.23. The molecule has 0 saturated carbocycles. The van der Waals surface area contributed by atoms with Crippen molar-refractivity contribution in [2.45, 2.75) is 18.9 Å². The Bertz CT molecular complexity index is 1850. The molecule has 2 amide bonds. The van der Waals surface area contributed by atoms with Gasteiger partial charge >= 0.3 is 0 Å². The maximum absolute atomic E-state index is 13.8. The van der Waals surface area contributed by atoms with Gasteiger partial charge in [-0.1, -0.05) is 6.07 Å². The van der Waals surface area contributed by atoms with Crippen LogP contribution in [0.2, 0.25) is 0 Å². The highest BCUT2D eigenvalue weighted by atomic mass is 16.6. The predicted molar refractivity (Wildman–Crippen MR) is 174 cm³/mol. The highest BCUT2D eigenvalue weighted by Crippen LogP contribution is 2.39. The van der Waals surface area contributed by atoms with Gasteiger partial charge in [0, 0.05) is 99.3 Å². The van der Waals surface area contributed by atoms with Crippen LogP contribution in [0, 0.1) is 16.0 Å². The van der Waals surface area contributed by atoms with E-state index in [1.54, 1.807) is 47.5 Å². The number of piperazine rings is 1. The fourth-order valence-electron chi connectivity index (χ4n) is 6.97. The van der Waals surface area contributed by atoms with E-state index in [1.165, 1.54) is 18.3 Å². The third-order valence-corrected chi connectivity index (χ3v) is 9.23. The zero-order valence-corrected chi connectivity index (χ0v) is 25.1. The van der Waals surface area contributed by atoms with Crippen LogP contribution in [0.4, 0.5) is 22.7 Å². The molecule has 3 aliphatic heterocycles. The zero-order valence-electron chi connectivity index (χ0n) is 25.1. The maximum Gasteiger partial charge on any atom is 0.269 e. The van der Waals surface area contributed by atoms with Crippen molar-refractivity contribution >= 4 is 34.6 Å². The molecule has 0 spiro atoms. The quantitative estimate of drug-likeness (QED) is 0.253. The van der Waals surface area contributed by atoms with Crippen LogP contribution in [-0.4, -0.2) is 70.5 Å². The first kappa shape index (κ1) is 29.2. The van der Waals surface area contributed by atoms with Crippen molar-refractivity contribution in [2.75, 3.05) is 54.4 Å². The van der Waals surface area contributed by atoms with Gasteiger partial charge in [0.2, 0.25) is 0 Å². The van der Waals surface area contributed by atoms with Crippen molar-refractivity contribution in [1.82, 2.24) is 14.5 Å². The first-order valence-corrected chi connectivity index (χ1v) is 15.4. The Morgan fingerprint density at radius 1 is 0.870 bits per heavy atom. The number of pyridine rings is 2. The summed E-state index contributed by atoms with van der Waals surface area (Å²) in [5.41, 5.74) is 4.25. The molecule has 7 rings (SSSR count). The molecule has 0 radical (unpaired) electrons. The Kier molecular flexibility index (Phi) is 7.69. The fraction of sp³-hybridized carbons (Fsp3) is 0.294. The summed E-state index contributed by atoms with van der Waals surface area (Å²) < 4.78 is 1.89. The summed E-state index contributed by atoms with van der Waals surface area (Å²) in [4.78, 5) is 60.5. The van der Waals surface area contributed by atoms with E-state index in [0.717, 1.165) is 30.0 Å². The van der Waals surface area contributed by atoms with Gasteiger partial charge < -0.3 is 24.6 Å². The number of carbonyl (C=O) groups is 2. The van der Waals surface area contributed by atoms with E-state index in [-0.39, 0.29) is 34.9 Å². The number of hydrogen-bond donors (Lipinski definition) is 1. The molecule has 46 heavy (non-hydrogen) atoms. The number of nitrogens with one attached hydrogen (secondary N) is 1. The number of rotatable bonds is 6. The summed E-state index contributed by atoms with van der Waals surface area (Å²) >= 11 is 0. The number of fused-ring (bicyclic) bond motifs is 4. The third-order valence-electron chi connectivity index (χ3n) is 9.23. The number of piperidine rings is 1. The highest BCUT2D eigenvalue weighted by molar-refractivity contribution is 6.07. The number of benzene rings is 2. The summed E-state index contributed by atoms with van der Waals surface area (Å²) in [5.74, 6) is 0.0126. The van der Waals surface area contributed by atoms with Crippen molar-refractivity contribution in [3.8, 4) is 0 Å². The minimum atomic E-state index is -0.419. The molecule has 3 aliphatic rings. The third kappa shape index (κ3) is 5.69. The number of nitro benzene ring substituents is 1. The second-order valence-electron chi connectivity index (χ2n) is 12.1. The molecule has 12 nitrogen and oxygen atoms in total. The molecular formula is C34H33N7O5. The average molecular weight is 620 g/mol. The van der Waals surface area contributed by atoms with Gasteiger partial charge in [0.05, 0.1) is 21.9 Å². The van der Waals surface area contributed by atoms with Gasteiger partial charge in [0.1, 0.15) is 0 Å². The molecule has 2 fully saturated rings. The van der Waals surface area contributed by atoms with Crippen molar-refractivity contribution in [3.05, 3.63) is 122 Å². The molecule has 5 heterocycles.